The average Bonchev–Trinajstić information content (AvgIpc) is 2.73. The molecule has 1 aliphatic rings. The molecule has 1 aliphatic heterocycles. The van der Waals surface area contributed by atoms with Crippen molar-refractivity contribution in [3.8, 4) is 0 Å². The Hall–Kier alpha value is -1.57. The molecule has 0 aliphatic carbocycles. The summed E-state index contributed by atoms with van der Waals surface area (Å²) < 4.78 is 38.1. The van der Waals surface area contributed by atoms with Gasteiger partial charge in [-0.25, -0.2) is 4.79 Å². The monoisotopic (exact) mass is 276 g/mol. The number of hydrogen-bond acceptors (Lipinski definition) is 3. The maximum atomic E-state index is 12.4. The molecule has 1 saturated heterocycles. The number of amides is 1. The molecular weight excluding hydrogens is 261 g/mol. The number of likely N-dealkylation sites (N-methyl/N-ethyl adjacent to an activating group) is 1. The van der Waals surface area contributed by atoms with Crippen molar-refractivity contribution in [3.63, 3.8) is 0 Å². The van der Waals surface area contributed by atoms with Crippen LogP contribution < -0.4 is 0 Å². The summed E-state index contributed by atoms with van der Waals surface area (Å²) in [5.74, 6) is 0. The molecule has 0 atom stereocenters. The molecule has 106 valence electrons. The Labute approximate surface area is 108 Å². The van der Waals surface area contributed by atoms with Gasteiger partial charge in [0.25, 0.3) is 0 Å². The van der Waals surface area contributed by atoms with Crippen molar-refractivity contribution in [1.82, 2.24) is 19.6 Å². The number of nitrogens with zero attached hydrogens (tertiary/aromatic N) is 4. The predicted octanol–water partition coefficient (Wildman–Crippen LogP) is 1.51. The van der Waals surface area contributed by atoms with E-state index in [0.717, 1.165) is 23.8 Å². The van der Waals surface area contributed by atoms with Gasteiger partial charge in [0, 0.05) is 25.8 Å². The van der Waals surface area contributed by atoms with Gasteiger partial charge in [-0.2, -0.15) is 23.0 Å². The third-order valence-corrected chi connectivity index (χ3v) is 3.10. The smallest absolute Gasteiger partial charge is 0.322 e. The fourth-order valence-corrected chi connectivity index (χ4v) is 1.96. The maximum absolute atomic E-state index is 12.4. The number of carbonyl (C=O) groups excluding carboxylic acids is 1. The summed E-state index contributed by atoms with van der Waals surface area (Å²) >= 11 is 0. The molecule has 1 amide bonds. The molecule has 0 spiro atoms. The number of carbonyl (C=O) groups is 1. The molecule has 2 heterocycles. The lowest BCUT2D eigenvalue weighted by Gasteiger charge is -2.19. The van der Waals surface area contributed by atoms with E-state index < -0.39 is 17.8 Å². The number of halogens is 3. The van der Waals surface area contributed by atoms with E-state index in [2.05, 4.69) is 10.00 Å². The molecule has 0 saturated carbocycles. The van der Waals surface area contributed by atoms with E-state index in [4.69, 9.17) is 0 Å². The highest BCUT2D eigenvalue weighted by Crippen LogP contribution is 2.28. The fourth-order valence-electron chi connectivity index (χ4n) is 1.96. The van der Waals surface area contributed by atoms with Crippen LogP contribution in [0.15, 0.2) is 12.4 Å². The molecule has 1 fully saturated rings. The third-order valence-electron chi connectivity index (χ3n) is 3.10. The van der Waals surface area contributed by atoms with E-state index in [-0.39, 0.29) is 0 Å². The minimum atomic E-state index is -4.47. The Kier molecular flexibility index (Phi) is 3.79. The van der Waals surface area contributed by atoms with Crippen molar-refractivity contribution >= 4 is 6.03 Å². The van der Waals surface area contributed by atoms with Crippen LogP contribution in [0.5, 0.6) is 0 Å². The normalized spacial score (nSPS) is 18.4. The molecule has 0 N–H and O–H groups in total. The van der Waals surface area contributed by atoms with E-state index in [1.807, 2.05) is 7.05 Å². The molecule has 2 rings (SSSR count). The molecule has 0 radical (unpaired) electrons. The predicted molar refractivity (Wildman–Crippen MR) is 61.7 cm³/mol. The Morgan fingerprint density at radius 2 is 2.00 bits per heavy atom. The fraction of sp³-hybridized carbons (Fsp3) is 0.636. The van der Waals surface area contributed by atoms with Gasteiger partial charge in [-0.1, -0.05) is 0 Å². The Morgan fingerprint density at radius 1 is 1.26 bits per heavy atom. The summed E-state index contributed by atoms with van der Waals surface area (Å²) in [7, 11) is 1.95. The zero-order chi connectivity index (χ0) is 14.0. The first-order valence-corrected chi connectivity index (χ1v) is 5.97. The van der Waals surface area contributed by atoms with E-state index >= 15 is 0 Å². The van der Waals surface area contributed by atoms with Gasteiger partial charge in [-0.3, -0.25) is 0 Å². The molecule has 0 unspecified atom stereocenters. The zero-order valence-electron chi connectivity index (χ0n) is 10.5. The molecule has 0 bridgehead atoms. The van der Waals surface area contributed by atoms with Gasteiger partial charge in [0.05, 0.1) is 11.8 Å². The highest BCUT2D eigenvalue weighted by Gasteiger charge is 2.33. The lowest BCUT2D eigenvalue weighted by Crippen LogP contribution is -2.37. The molecule has 1 aromatic heterocycles. The largest absolute Gasteiger partial charge is 0.419 e. The molecular formula is C11H15F3N4O. The summed E-state index contributed by atoms with van der Waals surface area (Å²) in [6.45, 7) is 2.61. The van der Waals surface area contributed by atoms with Gasteiger partial charge < -0.3 is 9.80 Å². The number of hydrogen-bond donors (Lipinski definition) is 0. The van der Waals surface area contributed by atoms with Crippen LogP contribution in [-0.4, -0.2) is 58.8 Å². The van der Waals surface area contributed by atoms with Crippen LogP contribution in [0.3, 0.4) is 0 Å². The summed E-state index contributed by atoms with van der Waals surface area (Å²) in [5.41, 5.74) is -0.909. The molecule has 0 aromatic carbocycles. The van der Waals surface area contributed by atoms with Gasteiger partial charge in [-0.15, -0.1) is 0 Å². The first-order chi connectivity index (χ1) is 8.88. The van der Waals surface area contributed by atoms with Crippen LogP contribution in [0, 0.1) is 0 Å². The van der Waals surface area contributed by atoms with Crippen molar-refractivity contribution < 1.29 is 18.0 Å². The summed E-state index contributed by atoms with van der Waals surface area (Å²) in [4.78, 5) is 15.6. The lowest BCUT2D eigenvalue weighted by atomic mass is 10.3. The van der Waals surface area contributed by atoms with Gasteiger partial charge in [0.15, 0.2) is 0 Å². The van der Waals surface area contributed by atoms with Gasteiger partial charge in [-0.05, 0) is 20.0 Å². The minimum absolute atomic E-state index is 0.497. The van der Waals surface area contributed by atoms with Crippen LogP contribution >= 0.6 is 0 Å². The number of rotatable bonds is 0. The Balaban J connectivity index is 2.09. The van der Waals surface area contributed by atoms with Gasteiger partial charge in [0.2, 0.25) is 0 Å². The molecule has 1 aromatic rings. The lowest BCUT2D eigenvalue weighted by molar-refractivity contribution is -0.137. The highest BCUT2D eigenvalue weighted by molar-refractivity contribution is 5.76. The SMILES string of the molecule is CN1CCCN(C(=O)n2cc(C(F)(F)F)cn2)CC1. The second-order valence-corrected chi connectivity index (χ2v) is 4.60. The first kappa shape index (κ1) is 13.9. The van der Waals surface area contributed by atoms with Crippen LogP contribution in [0.2, 0.25) is 0 Å². The quantitative estimate of drug-likeness (QED) is 0.721. The minimum Gasteiger partial charge on any atom is -0.322 e. The van der Waals surface area contributed by atoms with Crippen LogP contribution in [0.4, 0.5) is 18.0 Å². The van der Waals surface area contributed by atoms with Crippen molar-refractivity contribution in [3.05, 3.63) is 18.0 Å². The van der Waals surface area contributed by atoms with Gasteiger partial charge >= 0.3 is 12.2 Å². The number of alkyl halides is 3. The van der Waals surface area contributed by atoms with Crippen molar-refractivity contribution in [2.24, 2.45) is 0 Å². The first-order valence-electron chi connectivity index (χ1n) is 5.97. The Bertz CT molecular complexity index is 457. The second-order valence-electron chi connectivity index (χ2n) is 4.60. The van der Waals surface area contributed by atoms with Crippen molar-refractivity contribution in [2.45, 2.75) is 12.6 Å². The van der Waals surface area contributed by atoms with Crippen molar-refractivity contribution in [1.29, 1.82) is 0 Å². The van der Waals surface area contributed by atoms with E-state index in [1.165, 1.54) is 4.90 Å². The summed E-state index contributed by atoms with van der Waals surface area (Å²) in [6.07, 6.45) is -2.27. The zero-order valence-corrected chi connectivity index (χ0v) is 10.5. The summed E-state index contributed by atoms with van der Waals surface area (Å²) in [6, 6.07) is -0.509. The van der Waals surface area contributed by atoms with Gasteiger partial charge in [0.1, 0.15) is 0 Å². The van der Waals surface area contributed by atoms with Crippen molar-refractivity contribution in [2.75, 3.05) is 33.2 Å². The third kappa shape index (κ3) is 3.25. The van der Waals surface area contributed by atoms with Crippen LogP contribution in [0.1, 0.15) is 12.0 Å². The van der Waals surface area contributed by atoms with Crippen LogP contribution in [0.25, 0.3) is 0 Å². The standard InChI is InChI=1S/C11H15F3N4O/c1-16-3-2-4-17(6-5-16)10(19)18-8-9(7-15-18)11(12,13)14/h7-8H,2-6H2,1H3. The molecule has 19 heavy (non-hydrogen) atoms. The topological polar surface area (TPSA) is 41.4 Å². The molecule has 5 nitrogen and oxygen atoms in total. The second kappa shape index (κ2) is 5.20. The summed E-state index contributed by atoms with van der Waals surface area (Å²) in [5, 5.41) is 3.50. The van der Waals surface area contributed by atoms with E-state index in [1.54, 1.807) is 0 Å². The molecule has 8 heteroatoms. The highest BCUT2D eigenvalue weighted by atomic mass is 19.4. The van der Waals surface area contributed by atoms with E-state index in [0.29, 0.717) is 25.8 Å². The average molecular weight is 276 g/mol. The maximum Gasteiger partial charge on any atom is 0.419 e. The van der Waals surface area contributed by atoms with Crippen LogP contribution in [-0.2, 0) is 6.18 Å². The Morgan fingerprint density at radius 3 is 2.63 bits per heavy atom. The van der Waals surface area contributed by atoms with E-state index in [9.17, 15) is 18.0 Å². The number of aromatic nitrogens is 2.